The highest BCUT2D eigenvalue weighted by atomic mass is 35.5. The lowest BCUT2D eigenvalue weighted by molar-refractivity contribution is 1.21. The zero-order valence-electron chi connectivity index (χ0n) is 7.18. The van der Waals surface area contributed by atoms with Crippen molar-refractivity contribution in [1.82, 2.24) is 4.98 Å². The molecule has 0 saturated heterocycles. The van der Waals surface area contributed by atoms with Gasteiger partial charge in [-0.1, -0.05) is 23.7 Å². The molecule has 0 aliphatic rings. The number of benzene rings is 1. The minimum atomic E-state index is -0.170. The summed E-state index contributed by atoms with van der Waals surface area (Å²) >= 11 is 11.5. The maximum Gasteiger partial charge on any atom is 0.208 e. The molecule has 2 nitrogen and oxygen atoms in total. The Kier molecular flexibility index (Phi) is 2.48. The Morgan fingerprint density at radius 3 is 2.71 bits per heavy atom. The second-order valence-corrected chi connectivity index (χ2v) is 3.57. The quantitative estimate of drug-likeness (QED) is 0.748. The number of H-pyrrole nitrogens is 1. The normalized spacial score (nSPS) is 10.7. The first kappa shape index (κ1) is 9.56. The molecular formula is C10H7Cl2NO. The lowest BCUT2D eigenvalue weighted by Gasteiger charge is -2.03. The minimum absolute atomic E-state index is 0.170. The molecule has 2 rings (SSSR count). The molecule has 0 spiro atoms. The zero-order chi connectivity index (χ0) is 10.1. The molecule has 0 aliphatic heterocycles. The first-order valence-electron chi connectivity index (χ1n) is 4.09. The topological polar surface area (TPSA) is 32.9 Å². The summed E-state index contributed by atoms with van der Waals surface area (Å²) in [4.78, 5) is 14.7. The van der Waals surface area contributed by atoms with Crippen LogP contribution in [0.25, 0.3) is 10.9 Å². The maximum absolute atomic E-state index is 11.7. The van der Waals surface area contributed by atoms with E-state index < -0.39 is 0 Å². The number of rotatable bonds is 1. The van der Waals surface area contributed by atoms with Gasteiger partial charge in [-0.05, 0) is 12.1 Å². The van der Waals surface area contributed by atoms with E-state index in [2.05, 4.69) is 4.98 Å². The predicted molar refractivity (Wildman–Crippen MR) is 59.1 cm³/mol. The number of para-hydroxylation sites is 1. The molecule has 0 fully saturated rings. The molecule has 0 amide bonds. The van der Waals surface area contributed by atoms with Gasteiger partial charge < -0.3 is 4.98 Å². The fourth-order valence-corrected chi connectivity index (χ4v) is 1.84. The molecule has 0 aliphatic carbocycles. The van der Waals surface area contributed by atoms with Crippen LogP contribution in [0.3, 0.4) is 0 Å². The van der Waals surface area contributed by atoms with Gasteiger partial charge >= 0.3 is 0 Å². The Bertz CT molecular complexity index is 533. The summed E-state index contributed by atoms with van der Waals surface area (Å²) in [5.74, 6) is 0.207. The molecule has 72 valence electrons. The minimum Gasteiger partial charge on any atom is -0.356 e. The Labute approximate surface area is 90.5 Å². The molecule has 1 N–H and O–H groups in total. The second-order valence-electron chi connectivity index (χ2n) is 2.93. The van der Waals surface area contributed by atoms with Crippen molar-refractivity contribution in [3.05, 3.63) is 45.2 Å². The number of aromatic nitrogens is 1. The van der Waals surface area contributed by atoms with E-state index in [-0.39, 0.29) is 16.3 Å². The number of alkyl halides is 1. The monoisotopic (exact) mass is 227 g/mol. The van der Waals surface area contributed by atoms with Gasteiger partial charge in [0.15, 0.2) is 0 Å². The largest absolute Gasteiger partial charge is 0.356 e. The molecule has 1 heterocycles. The summed E-state index contributed by atoms with van der Waals surface area (Å²) < 4.78 is 0. The van der Waals surface area contributed by atoms with Crippen molar-refractivity contribution in [3.8, 4) is 0 Å². The Morgan fingerprint density at radius 1 is 1.29 bits per heavy atom. The molecule has 0 saturated carbocycles. The van der Waals surface area contributed by atoms with Crippen LogP contribution in [0.5, 0.6) is 0 Å². The van der Waals surface area contributed by atoms with Crippen LogP contribution in [0.15, 0.2) is 29.1 Å². The van der Waals surface area contributed by atoms with Crippen LogP contribution < -0.4 is 5.43 Å². The van der Waals surface area contributed by atoms with Gasteiger partial charge in [-0.15, -0.1) is 11.6 Å². The first-order chi connectivity index (χ1) is 6.74. The van der Waals surface area contributed by atoms with Crippen molar-refractivity contribution in [2.24, 2.45) is 0 Å². The van der Waals surface area contributed by atoms with Crippen molar-refractivity contribution in [2.75, 3.05) is 0 Å². The number of hydrogen-bond donors (Lipinski definition) is 1. The summed E-state index contributed by atoms with van der Waals surface area (Å²) in [5.41, 5.74) is 1.16. The SMILES string of the molecule is O=c1c(Cl)c(CCl)[nH]c2ccccc12. The van der Waals surface area contributed by atoms with Crippen molar-refractivity contribution < 1.29 is 0 Å². The number of fused-ring (bicyclic) bond motifs is 1. The van der Waals surface area contributed by atoms with Gasteiger partial charge in [0.1, 0.15) is 5.02 Å². The molecule has 1 aromatic heterocycles. The van der Waals surface area contributed by atoms with E-state index in [1.54, 1.807) is 12.1 Å². The summed E-state index contributed by atoms with van der Waals surface area (Å²) in [6.07, 6.45) is 0. The van der Waals surface area contributed by atoms with Crippen molar-refractivity contribution in [1.29, 1.82) is 0 Å². The van der Waals surface area contributed by atoms with Crippen LogP contribution in [0.4, 0.5) is 0 Å². The van der Waals surface area contributed by atoms with Gasteiger partial charge in [-0.2, -0.15) is 0 Å². The Hall–Kier alpha value is -0.990. The molecule has 4 heteroatoms. The average Bonchev–Trinajstić information content (AvgIpc) is 2.23. The third-order valence-corrected chi connectivity index (χ3v) is 2.72. The Balaban J connectivity index is 2.92. The number of nitrogens with one attached hydrogen (secondary N) is 1. The third-order valence-electron chi connectivity index (χ3n) is 2.06. The molecule has 0 radical (unpaired) electrons. The lowest BCUT2D eigenvalue weighted by Crippen LogP contribution is -2.07. The molecule has 1 aromatic carbocycles. The third kappa shape index (κ3) is 1.41. The van der Waals surface area contributed by atoms with E-state index in [0.29, 0.717) is 11.1 Å². The zero-order valence-corrected chi connectivity index (χ0v) is 8.69. The van der Waals surface area contributed by atoms with Crippen LogP contribution in [0.2, 0.25) is 5.02 Å². The van der Waals surface area contributed by atoms with Gasteiger partial charge in [0.25, 0.3) is 0 Å². The molecule has 2 aromatic rings. The highest BCUT2D eigenvalue weighted by Gasteiger charge is 2.07. The van der Waals surface area contributed by atoms with Crippen molar-refractivity contribution in [3.63, 3.8) is 0 Å². The maximum atomic E-state index is 11.7. The number of hydrogen-bond acceptors (Lipinski definition) is 1. The van der Waals surface area contributed by atoms with Crippen molar-refractivity contribution in [2.45, 2.75) is 5.88 Å². The molecule has 14 heavy (non-hydrogen) atoms. The molecule has 0 atom stereocenters. The number of pyridine rings is 1. The first-order valence-corrected chi connectivity index (χ1v) is 5.00. The van der Waals surface area contributed by atoms with Crippen LogP contribution in [0.1, 0.15) is 5.69 Å². The van der Waals surface area contributed by atoms with Crippen LogP contribution in [0, 0.1) is 0 Å². The molecule has 0 unspecified atom stereocenters. The average molecular weight is 228 g/mol. The van der Waals surface area contributed by atoms with Crippen molar-refractivity contribution >= 4 is 34.1 Å². The van der Waals surface area contributed by atoms with Gasteiger partial charge in [0, 0.05) is 10.9 Å². The highest BCUT2D eigenvalue weighted by molar-refractivity contribution is 6.32. The smallest absolute Gasteiger partial charge is 0.208 e. The predicted octanol–water partition coefficient (Wildman–Crippen LogP) is 2.92. The van der Waals surface area contributed by atoms with E-state index in [1.807, 2.05) is 12.1 Å². The van der Waals surface area contributed by atoms with Crippen LogP contribution in [-0.4, -0.2) is 4.98 Å². The second kappa shape index (κ2) is 3.64. The summed E-state index contributed by atoms with van der Waals surface area (Å²) in [7, 11) is 0. The van der Waals surface area contributed by atoms with E-state index in [0.717, 1.165) is 5.52 Å². The van der Waals surface area contributed by atoms with E-state index >= 15 is 0 Å². The van der Waals surface area contributed by atoms with E-state index in [4.69, 9.17) is 23.2 Å². The summed E-state index contributed by atoms with van der Waals surface area (Å²) in [6, 6.07) is 7.21. The molecular weight excluding hydrogens is 221 g/mol. The van der Waals surface area contributed by atoms with Gasteiger partial charge in [-0.3, -0.25) is 4.79 Å². The fraction of sp³-hybridized carbons (Fsp3) is 0.100. The van der Waals surface area contributed by atoms with Gasteiger partial charge in [0.2, 0.25) is 5.43 Å². The van der Waals surface area contributed by atoms with Gasteiger partial charge in [0.05, 0.1) is 11.6 Å². The lowest BCUT2D eigenvalue weighted by atomic mass is 10.2. The number of halogens is 2. The van der Waals surface area contributed by atoms with Crippen LogP contribution in [-0.2, 0) is 5.88 Å². The fourth-order valence-electron chi connectivity index (χ4n) is 1.35. The van der Waals surface area contributed by atoms with Crippen LogP contribution >= 0.6 is 23.2 Å². The van der Waals surface area contributed by atoms with Gasteiger partial charge in [-0.25, -0.2) is 0 Å². The summed E-state index contributed by atoms with van der Waals surface area (Å²) in [5, 5.41) is 0.769. The number of aromatic amines is 1. The Morgan fingerprint density at radius 2 is 2.00 bits per heavy atom. The molecule has 0 bridgehead atoms. The highest BCUT2D eigenvalue weighted by Crippen LogP contribution is 2.16. The summed E-state index contributed by atoms with van der Waals surface area (Å²) in [6.45, 7) is 0. The standard InChI is InChI=1S/C10H7Cl2NO/c11-5-8-9(12)10(14)6-3-1-2-4-7(6)13-8/h1-4H,5H2,(H,13,14). The van der Waals surface area contributed by atoms with E-state index in [9.17, 15) is 4.79 Å². The van der Waals surface area contributed by atoms with E-state index in [1.165, 1.54) is 0 Å².